The highest BCUT2D eigenvalue weighted by Gasteiger charge is 2.05. The molecule has 0 radical (unpaired) electrons. The molecule has 0 aromatic heterocycles. The minimum atomic E-state index is -0.257. The van der Waals surface area contributed by atoms with Crippen molar-refractivity contribution < 1.29 is 9.53 Å². The Hall–Kier alpha value is 0.160. The van der Waals surface area contributed by atoms with Crippen molar-refractivity contribution in [3.8, 4) is 0 Å². The summed E-state index contributed by atoms with van der Waals surface area (Å²) in [5, 5.41) is 0. The predicted molar refractivity (Wildman–Crippen MR) is 48.1 cm³/mol. The number of alkyl halides is 1. The molecule has 0 aliphatic rings. The number of carbonyl (C=O) groups is 1. The lowest BCUT2D eigenvalue weighted by Crippen LogP contribution is -2.17. The summed E-state index contributed by atoms with van der Waals surface area (Å²) in [4.78, 5) is 10.3. The molecule has 0 unspecified atom stereocenters. The summed E-state index contributed by atoms with van der Waals surface area (Å²) >= 11 is 2.22. The van der Waals surface area contributed by atoms with Crippen LogP contribution in [0, 0.1) is 0 Å². The number of carbonyl (C=O) groups excluding carboxylic acids is 1. The van der Waals surface area contributed by atoms with Gasteiger partial charge in [0, 0.05) is 18.0 Å². The molecular formula is C6H12INO2. The van der Waals surface area contributed by atoms with E-state index in [4.69, 9.17) is 10.5 Å². The SMILES string of the molecule is CO[C@H](CI)CCC(N)=O. The van der Waals surface area contributed by atoms with Crippen LogP contribution in [0.5, 0.6) is 0 Å². The Bertz CT molecular complexity index is 104. The Morgan fingerprint density at radius 2 is 2.40 bits per heavy atom. The second-order valence-electron chi connectivity index (χ2n) is 2.02. The molecule has 0 rings (SSSR count). The van der Waals surface area contributed by atoms with Crippen molar-refractivity contribution in [3.05, 3.63) is 0 Å². The Labute approximate surface area is 74.4 Å². The maximum absolute atomic E-state index is 10.3. The lowest BCUT2D eigenvalue weighted by molar-refractivity contribution is -0.118. The minimum Gasteiger partial charge on any atom is -0.381 e. The van der Waals surface area contributed by atoms with E-state index in [-0.39, 0.29) is 12.0 Å². The lowest BCUT2D eigenvalue weighted by atomic mass is 10.2. The zero-order valence-electron chi connectivity index (χ0n) is 5.97. The fourth-order valence-corrected chi connectivity index (χ4v) is 1.36. The van der Waals surface area contributed by atoms with Crippen LogP contribution < -0.4 is 5.73 Å². The summed E-state index contributed by atoms with van der Waals surface area (Å²) < 4.78 is 5.94. The van der Waals surface area contributed by atoms with Gasteiger partial charge < -0.3 is 10.5 Å². The topological polar surface area (TPSA) is 52.3 Å². The predicted octanol–water partition coefficient (Wildman–Crippen LogP) is 0.702. The fourth-order valence-electron chi connectivity index (χ4n) is 0.561. The van der Waals surface area contributed by atoms with Crippen LogP contribution in [0.2, 0.25) is 0 Å². The second-order valence-corrected chi connectivity index (χ2v) is 2.90. The van der Waals surface area contributed by atoms with Gasteiger partial charge in [-0.05, 0) is 6.42 Å². The van der Waals surface area contributed by atoms with E-state index in [1.54, 1.807) is 7.11 Å². The summed E-state index contributed by atoms with van der Waals surface area (Å²) in [7, 11) is 1.64. The maximum Gasteiger partial charge on any atom is 0.217 e. The molecular weight excluding hydrogens is 245 g/mol. The van der Waals surface area contributed by atoms with E-state index in [2.05, 4.69) is 22.6 Å². The first kappa shape index (κ1) is 10.2. The van der Waals surface area contributed by atoms with Crippen LogP contribution in [0.25, 0.3) is 0 Å². The molecule has 10 heavy (non-hydrogen) atoms. The van der Waals surface area contributed by atoms with E-state index in [0.29, 0.717) is 6.42 Å². The Balaban J connectivity index is 3.34. The van der Waals surface area contributed by atoms with Gasteiger partial charge in [0.1, 0.15) is 0 Å². The van der Waals surface area contributed by atoms with Crippen molar-refractivity contribution >= 4 is 28.5 Å². The largest absolute Gasteiger partial charge is 0.381 e. The normalized spacial score (nSPS) is 13.0. The smallest absolute Gasteiger partial charge is 0.217 e. The molecule has 0 aromatic carbocycles. The van der Waals surface area contributed by atoms with Gasteiger partial charge in [-0.25, -0.2) is 0 Å². The van der Waals surface area contributed by atoms with Gasteiger partial charge in [0.2, 0.25) is 5.91 Å². The summed E-state index contributed by atoms with van der Waals surface area (Å²) in [6.45, 7) is 0. The van der Waals surface area contributed by atoms with Crippen LogP contribution in [0.15, 0.2) is 0 Å². The lowest BCUT2D eigenvalue weighted by Gasteiger charge is -2.09. The van der Waals surface area contributed by atoms with Crippen molar-refractivity contribution in [2.24, 2.45) is 5.73 Å². The number of primary amides is 1. The van der Waals surface area contributed by atoms with Gasteiger partial charge in [-0.1, -0.05) is 22.6 Å². The molecule has 0 heterocycles. The standard InChI is InChI=1S/C6H12INO2/c1-10-5(4-7)2-3-6(8)9/h5H,2-4H2,1H3,(H2,8,9)/t5-/m0/s1. The van der Waals surface area contributed by atoms with E-state index >= 15 is 0 Å². The van der Waals surface area contributed by atoms with Crippen molar-refractivity contribution in [1.82, 2.24) is 0 Å². The van der Waals surface area contributed by atoms with Gasteiger partial charge in [0.05, 0.1) is 6.10 Å². The third kappa shape index (κ3) is 4.99. The molecule has 0 aliphatic carbocycles. The van der Waals surface area contributed by atoms with Gasteiger partial charge in [-0.15, -0.1) is 0 Å². The highest BCUT2D eigenvalue weighted by molar-refractivity contribution is 14.1. The third-order valence-corrected chi connectivity index (χ3v) is 2.20. The third-order valence-electron chi connectivity index (χ3n) is 1.22. The number of ether oxygens (including phenoxy) is 1. The highest BCUT2D eigenvalue weighted by atomic mass is 127. The molecule has 0 aliphatic heterocycles. The van der Waals surface area contributed by atoms with E-state index in [1.807, 2.05) is 0 Å². The first-order valence-corrected chi connectivity index (χ1v) is 4.60. The quantitative estimate of drug-likeness (QED) is 0.582. The van der Waals surface area contributed by atoms with Crippen LogP contribution in [-0.4, -0.2) is 23.5 Å². The van der Waals surface area contributed by atoms with Crippen LogP contribution in [0.4, 0.5) is 0 Å². The first-order chi connectivity index (χ1) is 4.70. The molecule has 2 N–H and O–H groups in total. The molecule has 1 amide bonds. The van der Waals surface area contributed by atoms with Gasteiger partial charge in [0.25, 0.3) is 0 Å². The number of rotatable bonds is 5. The number of hydrogen-bond donors (Lipinski definition) is 1. The van der Waals surface area contributed by atoms with Gasteiger partial charge >= 0.3 is 0 Å². The van der Waals surface area contributed by atoms with Crippen LogP contribution in [0.1, 0.15) is 12.8 Å². The summed E-state index contributed by atoms with van der Waals surface area (Å²) in [5.41, 5.74) is 4.95. The van der Waals surface area contributed by atoms with E-state index < -0.39 is 0 Å². The number of amides is 1. The number of hydrogen-bond acceptors (Lipinski definition) is 2. The summed E-state index contributed by atoms with van der Waals surface area (Å²) in [6, 6.07) is 0. The molecule has 0 saturated heterocycles. The Kier molecular flexibility index (Phi) is 6.00. The summed E-state index contributed by atoms with van der Waals surface area (Å²) in [5.74, 6) is -0.257. The average molecular weight is 257 g/mol. The fraction of sp³-hybridized carbons (Fsp3) is 0.833. The summed E-state index contributed by atoms with van der Waals surface area (Å²) in [6.07, 6.45) is 1.32. The van der Waals surface area contributed by atoms with Crippen molar-refractivity contribution in [2.75, 3.05) is 11.5 Å². The molecule has 1 atom stereocenters. The zero-order chi connectivity index (χ0) is 7.98. The number of nitrogens with two attached hydrogens (primary N) is 1. The highest BCUT2D eigenvalue weighted by Crippen LogP contribution is 2.03. The molecule has 3 nitrogen and oxygen atoms in total. The average Bonchev–Trinajstić information content (AvgIpc) is 1.90. The Morgan fingerprint density at radius 1 is 1.80 bits per heavy atom. The molecule has 0 fully saturated rings. The van der Waals surface area contributed by atoms with Crippen LogP contribution in [-0.2, 0) is 9.53 Å². The van der Waals surface area contributed by atoms with Crippen molar-refractivity contribution in [1.29, 1.82) is 0 Å². The van der Waals surface area contributed by atoms with Gasteiger partial charge in [0.15, 0.2) is 0 Å². The van der Waals surface area contributed by atoms with Crippen LogP contribution in [0.3, 0.4) is 0 Å². The molecule has 0 saturated carbocycles. The van der Waals surface area contributed by atoms with E-state index in [1.165, 1.54) is 0 Å². The van der Waals surface area contributed by atoms with Crippen LogP contribution >= 0.6 is 22.6 Å². The van der Waals surface area contributed by atoms with E-state index in [9.17, 15) is 4.79 Å². The monoisotopic (exact) mass is 257 g/mol. The maximum atomic E-state index is 10.3. The van der Waals surface area contributed by atoms with Crippen molar-refractivity contribution in [3.63, 3.8) is 0 Å². The zero-order valence-corrected chi connectivity index (χ0v) is 8.13. The van der Waals surface area contributed by atoms with Gasteiger partial charge in [-0.2, -0.15) is 0 Å². The first-order valence-electron chi connectivity index (χ1n) is 3.07. The van der Waals surface area contributed by atoms with E-state index in [0.717, 1.165) is 10.8 Å². The number of halogens is 1. The second kappa shape index (κ2) is 5.91. The Morgan fingerprint density at radius 3 is 2.70 bits per heavy atom. The van der Waals surface area contributed by atoms with Crippen molar-refractivity contribution in [2.45, 2.75) is 18.9 Å². The van der Waals surface area contributed by atoms with Gasteiger partial charge in [-0.3, -0.25) is 4.79 Å². The minimum absolute atomic E-state index is 0.174. The number of methoxy groups -OCH3 is 1. The molecule has 0 bridgehead atoms. The molecule has 0 aromatic rings. The molecule has 4 heteroatoms. The molecule has 0 spiro atoms. The molecule has 60 valence electrons.